The van der Waals surface area contributed by atoms with Crippen molar-refractivity contribution in [3.05, 3.63) is 63.2 Å². The van der Waals surface area contributed by atoms with Crippen LogP contribution in [0.5, 0.6) is 0 Å². The van der Waals surface area contributed by atoms with Crippen molar-refractivity contribution < 1.29 is 9.18 Å². The highest BCUT2D eigenvalue weighted by molar-refractivity contribution is 9.10. The number of benzene rings is 2. The van der Waals surface area contributed by atoms with Crippen molar-refractivity contribution in [1.82, 2.24) is 0 Å². The molecule has 2 aromatic carbocycles. The maximum absolute atomic E-state index is 13.8. The van der Waals surface area contributed by atoms with Crippen LogP contribution in [0.25, 0.3) is 6.08 Å². The van der Waals surface area contributed by atoms with Gasteiger partial charge in [0.15, 0.2) is 0 Å². The standard InChI is InChI=1S/C15H9BrFNOS/c16-10-6-5-9(11(17)8-10)7-14-15(19)18-12-3-1-2-4-13(12)20-14/h1-8H,(H,18,19)/b14-7-. The number of hydrogen-bond donors (Lipinski definition) is 1. The molecule has 1 N–H and O–H groups in total. The van der Waals surface area contributed by atoms with Gasteiger partial charge < -0.3 is 5.32 Å². The van der Waals surface area contributed by atoms with Gasteiger partial charge in [-0.15, -0.1) is 0 Å². The molecule has 3 rings (SSSR count). The molecule has 5 heteroatoms. The average molecular weight is 350 g/mol. The van der Waals surface area contributed by atoms with E-state index < -0.39 is 0 Å². The summed E-state index contributed by atoms with van der Waals surface area (Å²) in [7, 11) is 0. The third kappa shape index (κ3) is 2.64. The van der Waals surface area contributed by atoms with Gasteiger partial charge in [-0.1, -0.05) is 45.9 Å². The first-order chi connectivity index (χ1) is 9.63. The van der Waals surface area contributed by atoms with E-state index in [4.69, 9.17) is 0 Å². The van der Waals surface area contributed by atoms with Crippen LogP contribution in [0.4, 0.5) is 10.1 Å². The number of nitrogens with one attached hydrogen (secondary N) is 1. The van der Waals surface area contributed by atoms with Crippen molar-refractivity contribution >= 4 is 45.4 Å². The van der Waals surface area contributed by atoms with Crippen molar-refractivity contribution in [3.8, 4) is 0 Å². The lowest BCUT2D eigenvalue weighted by molar-refractivity contribution is -0.112. The third-order valence-electron chi connectivity index (χ3n) is 2.83. The average Bonchev–Trinajstić information content (AvgIpc) is 2.42. The molecule has 0 aromatic heterocycles. The summed E-state index contributed by atoms with van der Waals surface area (Å²) < 4.78 is 14.5. The number of fused-ring (bicyclic) bond motifs is 1. The second-order valence-corrected chi connectivity index (χ2v) is 6.23. The molecule has 1 aliphatic heterocycles. The van der Waals surface area contributed by atoms with Gasteiger partial charge in [0.1, 0.15) is 5.82 Å². The fraction of sp³-hybridized carbons (Fsp3) is 0. The minimum atomic E-state index is -0.362. The summed E-state index contributed by atoms with van der Waals surface area (Å²) in [5.41, 5.74) is 1.18. The van der Waals surface area contributed by atoms with Crippen LogP contribution < -0.4 is 5.32 Å². The topological polar surface area (TPSA) is 29.1 Å². The maximum Gasteiger partial charge on any atom is 0.262 e. The van der Waals surface area contributed by atoms with Crippen LogP contribution in [0, 0.1) is 5.82 Å². The van der Waals surface area contributed by atoms with Crippen LogP contribution >= 0.6 is 27.7 Å². The first-order valence-electron chi connectivity index (χ1n) is 5.88. The molecule has 0 saturated heterocycles. The zero-order chi connectivity index (χ0) is 14.1. The van der Waals surface area contributed by atoms with Gasteiger partial charge in [0, 0.05) is 14.9 Å². The fourth-order valence-corrected chi connectivity index (χ4v) is 3.14. The Morgan fingerprint density at radius 1 is 1.20 bits per heavy atom. The second kappa shape index (κ2) is 5.42. The van der Waals surface area contributed by atoms with Crippen molar-refractivity contribution in [2.24, 2.45) is 0 Å². The smallest absolute Gasteiger partial charge is 0.262 e. The van der Waals surface area contributed by atoms with E-state index in [0.29, 0.717) is 14.9 Å². The molecule has 1 amide bonds. The maximum atomic E-state index is 13.8. The van der Waals surface area contributed by atoms with Gasteiger partial charge in [0.05, 0.1) is 10.6 Å². The van der Waals surface area contributed by atoms with E-state index in [1.54, 1.807) is 18.2 Å². The molecule has 0 spiro atoms. The zero-order valence-corrected chi connectivity index (χ0v) is 12.6. The molecule has 0 bridgehead atoms. The Bertz CT molecular complexity index is 730. The SMILES string of the molecule is O=C1Nc2ccccc2S/C1=C\c1ccc(Br)cc1F. The van der Waals surface area contributed by atoms with Crippen LogP contribution in [0.2, 0.25) is 0 Å². The number of carbonyl (C=O) groups excluding carboxylic acids is 1. The molecule has 1 heterocycles. The lowest BCUT2D eigenvalue weighted by Crippen LogP contribution is -2.17. The molecule has 100 valence electrons. The fourth-order valence-electron chi connectivity index (χ4n) is 1.86. The van der Waals surface area contributed by atoms with Crippen LogP contribution in [0.3, 0.4) is 0 Å². The van der Waals surface area contributed by atoms with Crippen molar-refractivity contribution in [3.63, 3.8) is 0 Å². The predicted octanol–water partition coefficient (Wildman–Crippen LogP) is 4.67. The van der Waals surface area contributed by atoms with E-state index in [9.17, 15) is 9.18 Å². The second-order valence-electron chi connectivity index (χ2n) is 4.23. The van der Waals surface area contributed by atoms with Crippen LogP contribution in [-0.2, 0) is 4.79 Å². The van der Waals surface area contributed by atoms with E-state index in [1.165, 1.54) is 17.8 Å². The number of para-hydroxylation sites is 1. The molecular formula is C15H9BrFNOS. The number of anilines is 1. The number of hydrogen-bond acceptors (Lipinski definition) is 2. The van der Waals surface area contributed by atoms with Gasteiger partial charge in [-0.2, -0.15) is 0 Å². The molecule has 20 heavy (non-hydrogen) atoms. The number of halogens is 2. The highest BCUT2D eigenvalue weighted by atomic mass is 79.9. The van der Waals surface area contributed by atoms with Crippen LogP contribution in [-0.4, -0.2) is 5.91 Å². The molecule has 0 unspecified atom stereocenters. The van der Waals surface area contributed by atoms with Crippen molar-refractivity contribution in [2.75, 3.05) is 5.32 Å². The minimum absolute atomic E-state index is 0.212. The molecule has 0 fully saturated rings. The van der Waals surface area contributed by atoms with E-state index in [-0.39, 0.29) is 11.7 Å². The van der Waals surface area contributed by atoms with E-state index in [1.807, 2.05) is 24.3 Å². The van der Waals surface area contributed by atoms with E-state index >= 15 is 0 Å². The Morgan fingerprint density at radius 3 is 2.80 bits per heavy atom. The quantitative estimate of drug-likeness (QED) is 0.757. The molecule has 1 aliphatic rings. The first-order valence-corrected chi connectivity index (χ1v) is 7.49. The molecule has 0 radical (unpaired) electrons. The first kappa shape index (κ1) is 13.4. The largest absolute Gasteiger partial charge is 0.320 e. The Hall–Kier alpha value is -1.59. The monoisotopic (exact) mass is 349 g/mol. The minimum Gasteiger partial charge on any atom is -0.320 e. The van der Waals surface area contributed by atoms with Gasteiger partial charge >= 0.3 is 0 Å². The lowest BCUT2D eigenvalue weighted by atomic mass is 10.2. The third-order valence-corrected chi connectivity index (χ3v) is 4.42. The summed E-state index contributed by atoms with van der Waals surface area (Å²) in [6, 6.07) is 12.3. The summed E-state index contributed by atoms with van der Waals surface area (Å²) in [4.78, 5) is 13.4. The summed E-state index contributed by atoms with van der Waals surface area (Å²) in [5, 5.41) is 2.80. The molecule has 0 saturated carbocycles. The zero-order valence-electron chi connectivity index (χ0n) is 10.2. The molecular weight excluding hydrogens is 341 g/mol. The highest BCUT2D eigenvalue weighted by Crippen LogP contribution is 2.38. The Morgan fingerprint density at radius 2 is 2.00 bits per heavy atom. The summed E-state index contributed by atoms with van der Waals surface area (Å²) in [6.07, 6.45) is 1.57. The van der Waals surface area contributed by atoms with Crippen molar-refractivity contribution in [1.29, 1.82) is 0 Å². The number of amides is 1. The highest BCUT2D eigenvalue weighted by Gasteiger charge is 2.20. The molecule has 2 aromatic rings. The molecule has 2 nitrogen and oxygen atoms in total. The van der Waals surface area contributed by atoms with Crippen LogP contribution in [0.15, 0.2) is 56.7 Å². The van der Waals surface area contributed by atoms with Crippen LogP contribution in [0.1, 0.15) is 5.56 Å². The summed E-state index contributed by atoms with van der Waals surface area (Å²) in [5.74, 6) is -0.574. The predicted molar refractivity (Wildman–Crippen MR) is 83.0 cm³/mol. The van der Waals surface area contributed by atoms with Gasteiger partial charge in [0.2, 0.25) is 0 Å². The summed E-state index contributed by atoms with van der Waals surface area (Å²) in [6.45, 7) is 0. The summed E-state index contributed by atoms with van der Waals surface area (Å²) >= 11 is 4.55. The van der Waals surface area contributed by atoms with E-state index in [2.05, 4.69) is 21.2 Å². The van der Waals surface area contributed by atoms with Gasteiger partial charge in [-0.25, -0.2) is 4.39 Å². The normalized spacial score (nSPS) is 15.9. The molecule has 0 atom stereocenters. The van der Waals surface area contributed by atoms with Crippen molar-refractivity contribution in [2.45, 2.75) is 4.90 Å². The Kier molecular flexibility index (Phi) is 3.63. The van der Waals surface area contributed by atoms with Gasteiger partial charge in [-0.05, 0) is 30.3 Å². The van der Waals surface area contributed by atoms with E-state index in [0.717, 1.165) is 10.6 Å². The lowest BCUT2D eigenvalue weighted by Gasteiger charge is -2.18. The number of carbonyl (C=O) groups is 1. The van der Waals surface area contributed by atoms with Gasteiger partial charge in [0.25, 0.3) is 5.91 Å². The Labute approximate surface area is 128 Å². The van der Waals surface area contributed by atoms with Gasteiger partial charge in [-0.3, -0.25) is 4.79 Å². The Balaban J connectivity index is 1.98. The number of rotatable bonds is 1. The number of thioether (sulfide) groups is 1. The molecule has 0 aliphatic carbocycles.